The van der Waals surface area contributed by atoms with Gasteiger partial charge in [0, 0.05) is 12.0 Å². The first-order valence-corrected chi connectivity index (χ1v) is 6.15. The fourth-order valence-electron chi connectivity index (χ4n) is 1.83. The molecular weight excluding hydrogens is 217 g/mol. The Hall–Kier alpha value is -1.22. The SMILES string of the molecule is CCC(=O)c1cc(F)ccc1CCCCNC. The highest BCUT2D eigenvalue weighted by Gasteiger charge is 2.10. The summed E-state index contributed by atoms with van der Waals surface area (Å²) < 4.78 is 13.1. The number of Topliss-reactive ketones (excluding diaryl/α,β-unsaturated/α-hetero) is 1. The van der Waals surface area contributed by atoms with Crippen molar-refractivity contribution in [3.8, 4) is 0 Å². The van der Waals surface area contributed by atoms with Gasteiger partial charge in [-0.2, -0.15) is 0 Å². The van der Waals surface area contributed by atoms with E-state index in [1.807, 2.05) is 7.05 Å². The zero-order chi connectivity index (χ0) is 12.7. The van der Waals surface area contributed by atoms with Crippen molar-refractivity contribution < 1.29 is 9.18 Å². The third kappa shape index (κ3) is 4.27. The lowest BCUT2D eigenvalue weighted by Gasteiger charge is -2.08. The van der Waals surface area contributed by atoms with Crippen LogP contribution < -0.4 is 5.32 Å². The van der Waals surface area contributed by atoms with E-state index in [1.54, 1.807) is 13.0 Å². The van der Waals surface area contributed by atoms with Crippen molar-refractivity contribution in [2.75, 3.05) is 13.6 Å². The summed E-state index contributed by atoms with van der Waals surface area (Å²) in [4.78, 5) is 11.7. The van der Waals surface area contributed by atoms with Gasteiger partial charge >= 0.3 is 0 Å². The number of nitrogens with one attached hydrogen (secondary N) is 1. The normalized spacial score (nSPS) is 10.5. The Bertz CT molecular complexity index is 376. The zero-order valence-corrected chi connectivity index (χ0v) is 10.6. The van der Waals surface area contributed by atoms with E-state index in [9.17, 15) is 9.18 Å². The quantitative estimate of drug-likeness (QED) is 0.583. The first kappa shape index (κ1) is 13.8. The van der Waals surface area contributed by atoms with Gasteiger partial charge in [-0.1, -0.05) is 13.0 Å². The van der Waals surface area contributed by atoms with Crippen LogP contribution in [0.3, 0.4) is 0 Å². The van der Waals surface area contributed by atoms with Crippen LogP contribution in [0.25, 0.3) is 0 Å². The Labute approximate surface area is 102 Å². The number of rotatable bonds is 7. The minimum Gasteiger partial charge on any atom is -0.320 e. The molecule has 17 heavy (non-hydrogen) atoms. The Morgan fingerprint density at radius 3 is 2.76 bits per heavy atom. The molecule has 0 unspecified atom stereocenters. The van der Waals surface area contributed by atoms with Gasteiger partial charge in [-0.15, -0.1) is 0 Å². The van der Waals surface area contributed by atoms with Crippen molar-refractivity contribution in [2.24, 2.45) is 0 Å². The van der Waals surface area contributed by atoms with Crippen molar-refractivity contribution in [3.63, 3.8) is 0 Å². The summed E-state index contributed by atoms with van der Waals surface area (Å²) in [5, 5.41) is 3.08. The molecule has 0 amide bonds. The van der Waals surface area contributed by atoms with Crippen LogP contribution in [0.2, 0.25) is 0 Å². The Morgan fingerprint density at radius 2 is 2.12 bits per heavy atom. The monoisotopic (exact) mass is 237 g/mol. The Balaban J connectivity index is 2.72. The van der Waals surface area contributed by atoms with Crippen LogP contribution in [0.15, 0.2) is 18.2 Å². The molecule has 0 radical (unpaired) electrons. The third-order valence-corrected chi connectivity index (χ3v) is 2.82. The molecule has 1 rings (SSSR count). The maximum atomic E-state index is 13.1. The van der Waals surface area contributed by atoms with Crippen molar-refractivity contribution in [1.82, 2.24) is 5.32 Å². The molecule has 0 aromatic heterocycles. The van der Waals surface area contributed by atoms with E-state index in [4.69, 9.17) is 0 Å². The molecule has 1 N–H and O–H groups in total. The van der Waals surface area contributed by atoms with Gasteiger partial charge in [0.25, 0.3) is 0 Å². The number of unbranched alkanes of at least 4 members (excludes halogenated alkanes) is 1. The molecule has 1 aromatic rings. The highest BCUT2D eigenvalue weighted by molar-refractivity contribution is 5.97. The van der Waals surface area contributed by atoms with Crippen LogP contribution >= 0.6 is 0 Å². The highest BCUT2D eigenvalue weighted by atomic mass is 19.1. The molecular formula is C14H20FNO. The molecule has 1 aromatic carbocycles. The van der Waals surface area contributed by atoms with Crippen molar-refractivity contribution >= 4 is 5.78 Å². The molecule has 0 heterocycles. The summed E-state index contributed by atoms with van der Waals surface area (Å²) in [5.41, 5.74) is 1.52. The standard InChI is InChI=1S/C14H20FNO/c1-3-14(17)13-10-12(15)8-7-11(13)6-4-5-9-16-2/h7-8,10,16H,3-6,9H2,1-2H3. The molecule has 0 aliphatic rings. The number of benzene rings is 1. The van der Waals surface area contributed by atoms with Gasteiger partial charge in [-0.05, 0) is 50.6 Å². The average molecular weight is 237 g/mol. The van der Waals surface area contributed by atoms with E-state index in [0.29, 0.717) is 12.0 Å². The minimum atomic E-state index is -0.333. The van der Waals surface area contributed by atoms with Gasteiger partial charge in [-0.25, -0.2) is 4.39 Å². The van der Waals surface area contributed by atoms with Crippen LogP contribution in [0.4, 0.5) is 4.39 Å². The van der Waals surface area contributed by atoms with Gasteiger partial charge in [-0.3, -0.25) is 4.79 Å². The van der Waals surface area contributed by atoms with E-state index in [-0.39, 0.29) is 11.6 Å². The van der Waals surface area contributed by atoms with E-state index < -0.39 is 0 Å². The second-order valence-electron chi connectivity index (χ2n) is 4.14. The van der Waals surface area contributed by atoms with Gasteiger partial charge in [0.2, 0.25) is 0 Å². The number of hydrogen-bond acceptors (Lipinski definition) is 2. The van der Waals surface area contributed by atoms with E-state index >= 15 is 0 Å². The van der Waals surface area contributed by atoms with Crippen LogP contribution in [0, 0.1) is 5.82 Å². The lowest BCUT2D eigenvalue weighted by atomic mass is 9.97. The molecule has 3 heteroatoms. The maximum absolute atomic E-state index is 13.1. The molecule has 94 valence electrons. The molecule has 0 saturated carbocycles. The number of carbonyl (C=O) groups excluding carboxylic acids is 1. The number of halogens is 1. The fourth-order valence-corrected chi connectivity index (χ4v) is 1.83. The number of carbonyl (C=O) groups is 1. The predicted octanol–water partition coefficient (Wildman–Crippen LogP) is 2.96. The number of ketones is 1. The second-order valence-corrected chi connectivity index (χ2v) is 4.14. The van der Waals surface area contributed by atoms with Gasteiger partial charge in [0.15, 0.2) is 5.78 Å². The zero-order valence-electron chi connectivity index (χ0n) is 10.6. The molecule has 0 bridgehead atoms. The first-order valence-electron chi connectivity index (χ1n) is 6.15. The summed E-state index contributed by atoms with van der Waals surface area (Å²) in [5.74, 6) is -0.311. The summed E-state index contributed by atoms with van der Waals surface area (Å²) in [6.07, 6.45) is 3.33. The van der Waals surface area contributed by atoms with E-state index in [1.165, 1.54) is 12.1 Å². The predicted molar refractivity (Wildman–Crippen MR) is 67.9 cm³/mol. The smallest absolute Gasteiger partial charge is 0.162 e. The Kier molecular flexibility index (Phi) is 5.84. The molecule has 0 aliphatic carbocycles. The van der Waals surface area contributed by atoms with Crippen molar-refractivity contribution in [3.05, 3.63) is 35.1 Å². The molecule has 0 atom stereocenters. The lowest BCUT2D eigenvalue weighted by molar-refractivity contribution is 0.0986. The van der Waals surface area contributed by atoms with Crippen LogP contribution in [-0.4, -0.2) is 19.4 Å². The van der Waals surface area contributed by atoms with Gasteiger partial charge in [0.05, 0.1) is 0 Å². The molecule has 0 aliphatic heterocycles. The average Bonchev–Trinajstić information content (AvgIpc) is 2.35. The summed E-state index contributed by atoms with van der Waals surface area (Å²) in [6, 6.07) is 4.52. The fraction of sp³-hybridized carbons (Fsp3) is 0.500. The number of aryl methyl sites for hydroxylation is 1. The van der Waals surface area contributed by atoms with E-state index in [0.717, 1.165) is 31.4 Å². The third-order valence-electron chi connectivity index (χ3n) is 2.82. The summed E-state index contributed by atoms with van der Waals surface area (Å²) >= 11 is 0. The second kappa shape index (κ2) is 7.17. The van der Waals surface area contributed by atoms with Crippen molar-refractivity contribution in [2.45, 2.75) is 32.6 Å². The minimum absolute atomic E-state index is 0.0214. The lowest BCUT2D eigenvalue weighted by Crippen LogP contribution is -2.08. The van der Waals surface area contributed by atoms with Gasteiger partial charge in [0.1, 0.15) is 5.82 Å². The molecule has 0 saturated heterocycles. The highest BCUT2D eigenvalue weighted by Crippen LogP contribution is 2.16. The topological polar surface area (TPSA) is 29.1 Å². The van der Waals surface area contributed by atoms with E-state index in [2.05, 4.69) is 5.32 Å². The largest absolute Gasteiger partial charge is 0.320 e. The maximum Gasteiger partial charge on any atom is 0.162 e. The van der Waals surface area contributed by atoms with Crippen LogP contribution in [0.1, 0.15) is 42.1 Å². The van der Waals surface area contributed by atoms with Gasteiger partial charge < -0.3 is 5.32 Å². The molecule has 2 nitrogen and oxygen atoms in total. The molecule has 0 spiro atoms. The van der Waals surface area contributed by atoms with Crippen LogP contribution in [0.5, 0.6) is 0 Å². The summed E-state index contributed by atoms with van der Waals surface area (Å²) in [7, 11) is 1.92. The number of hydrogen-bond donors (Lipinski definition) is 1. The van der Waals surface area contributed by atoms with Crippen molar-refractivity contribution in [1.29, 1.82) is 0 Å². The summed E-state index contributed by atoms with van der Waals surface area (Å²) in [6.45, 7) is 2.77. The van der Waals surface area contributed by atoms with Crippen LogP contribution in [-0.2, 0) is 6.42 Å². The Morgan fingerprint density at radius 1 is 1.35 bits per heavy atom. The molecule has 0 fully saturated rings. The first-order chi connectivity index (χ1) is 8.19.